The number of benzene rings is 1. The second-order valence-corrected chi connectivity index (χ2v) is 3.81. The fourth-order valence-corrected chi connectivity index (χ4v) is 1.23. The number of hydrogen-bond donors (Lipinski definition) is 2. The molecule has 0 bridgehead atoms. The maximum Gasteiger partial charge on any atom is 0.405 e. The van der Waals surface area contributed by atoms with Gasteiger partial charge in [0.15, 0.2) is 0 Å². The number of amides is 1. The van der Waals surface area contributed by atoms with Gasteiger partial charge in [0, 0.05) is 5.02 Å². The van der Waals surface area contributed by atoms with E-state index in [0.717, 1.165) is 6.07 Å². The second-order valence-electron chi connectivity index (χ2n) is 3.37. The van der Waals surface area contributed by atoms with E-state index >= 15 is 0 Å². The van der Waals surface area contributed by atoms with Gasteiger partial charge < -0.3 is 10.6 Å². The Morgan fingerprint density at radius 1 is 1.33 bits per heavy atom. The van der Waals surface area contributed by atoms with E-state index in [2.05, 4.69) is 5.32 Å². The van der Waals surface area contributed by atoms with Crippen LogP contribution in [-0.2, 0) is 4.79 Å². The van der Waals surface area contributed by atoms with Crippen molar-refractivity contribution in [2.45, 2.75) is 6.18 Å². The lowest BCUT2D eigenvalue weighted by Crippen LogP contribution is -2.37. The molecule has 2 N–H and O–H groups in total. The highest BCUT2D eigenvalue weighted by Crippen LogP contribution is 2.18. The smallest absolute Gasteiger partial charge is 0.374 e. The zero-order chi connectivity index (χ0) is 13.8. The Morgan fingerprint density at radius 2 is 2.00 bits per heavy atom. The van der Waals surface area contributed by atoms with Gasteiger partial charge in [0.05, 0.1) is 12.2 Å². The minimum Gasteiger partial charge on any atom is -0.374 e. The maximum absolute atomic E-state index is 13.2. The highest BCUT2D eigenvalue weighted by atomic mass is 35.5. The first-order chi connectivity index (χ1) is 8.28. The Labute approximate surface area is 105 Å². The average molecular weight is 285 g/mol. The van der Waals surface area contributed by atoms with Gasteiger partial charge in [-0.3, -0.25) is 4.79 Å². The molecule has 18 heavy (non-hydrogen) atoms. The van der Waals surface area contributed by atoms with E-state index in [1.807, 2.05) is 0 Å². The van der Waals surface area contributed by atoms with Gasteiger partial charge in [-0.05, 0) is 18.2 Å². The van der Waals surface area contributed by atoms with Gasteiger partial charge in [0.25, 0.3) is 0 Å². The summed E-state index contributed by atoms with van der Waals surface area (Å²) in [5, 5.41) is 4.19. The van der Waals surface area contributed by atoms with Crippen molar-refractivity contribution in [1.29, 1.82) is 0 Å². The Kier molecular flexibility index (Phi) is 4.77. The van der Waals surface area contributed by atoms with Crippen molar-refractivity contribution in [3.63, 3.8) is 0 Å². The predicted octanol–water partition coefficient (Wildman–Crippen LogP) is 2.57. The molecule has 0 aliphatic heterocycles. The fourth-order valence-electron chi connectivity index (χ4n) is 1.07. The normalized spacial score (nSPS) is 11.2. The molecule has 0 saturated carbocycles. The van der Waals surface area contributed by atoms with Gasteiger partial charge in [-0.2, -0.15) is 13.2 Å². The lowest BCUT2D eigenvalue weighted by Gasteiger charge is -2.10. The lowest BCUT2D eigenvalue weighted by molar-refractivity contribution is -0.137. The molecule has 0 unspecified atom stereocenters. The molecule has 0 aromatic heterocycles. The third kappa shape index (κ3) is 5.22. The van der Waals surface area contributed by atoms with Crippen molar-refractivity contribution in [3.05, 3.63) is 29.0 Å². The van der Waals surface area contributed by atoms with Crippen LogP contribution in [0.1, 0.15) is 0 Å². The van der Waals surface area contributed by atoms with Gasteiger partial charge in [-0.25, -0.2) is 4.39 Å². The molecule has 1 aromatic carbocycles. The van der Waals surface area contributed by atoms with Crippen LogP contribution < -0.4 is 10.6 Å². The molecule has 1 rings (SSSR count). The average Bonchev–Trinajstić information content (AvgIpc) is 2.24. The first kappa shape index (κ1) is 14.6. The number of rotatable bonds is 4. The maximum atomic E-state index is 13.2. The summed E-state index contributed by atoms with van der Waals surface area (Å²) in [5.74, 6) is -1.58. The van der Waals surface area contributed by atoms with Crippen LogP contribution in [0, 0.1) is 5.82 Å². The molecule has 0 spiro atoms. The Hall–Kier alpha value is -1.50. The topological polar surface area (TPSA) is 41.1 Å². The molecule has 1 amide bonds. The molecule has 0 saturated heterocycles. The van der Waals surface area contributed by atoms with Crippen molar-refractivity contribution in [1.82, 2.24) is 5.32 Å². The molecular weight excluding hydrogens is 276 g/mol. The summed E-state index contributed by atoms with van der Waals surface area (Å²) in [6.07, 6.45) is -4.47. The Morgan fingerprint density at radius 3 is 2.56 bits per heavy atom. The van der Waals surface area contributed by atoms with Crippen LogP contribution in [0.3, 0.4) is 0 Å². The summed E-state index contributed by atoms with van der Waals surface area (Å²) in [6.45, 7) is -1.88. The van der Waals surface area contributed by atoms with Crippen LogP contribution in [0.5, 0.6) is 0 Å². The van der Waals surface area contributed by atoms with Gasteiger partial charge in [-0.1, -0.05) is 11.6 Å². The van der Waals surface area contributed by atoms with Crippen LogP contribution in [0.25, 0.3) is 0 Å². The van der Waals surface area contributed by atoms with Gasteiger partial charge in [0.2, 0.25) is 5.91 Å². The zero-order valence-corrected chi connectivity index (χ0v) is 9.70. The van der Waals surface area contributed by atoms with E-state index in [0.29, 0.717) is 0 Å². The third-order valence-electron chi connectivity index (χ3n) is 1.86. The lowest BCUT2D eigenvalue weighted by atomic mass is 10.3. The SMILES string of the molecule is O=C(CNc1ccc(Cl)cc1F)NCC(F)(F)F. The number of nitrogens with one attached hydrogen (secondary N) is 2. The quantitative estimate of drug-likeness (QED) is 0.835. The minimum absolute atomic E-state index is 0.0124. The van der Waals surface area contributed by atoms with Crippen molar-refractivity contribution in [3.8, 4) is 0 Å². The number of halogens is 5. The Balaban J connectivity index is 2.43. The Bertz CT molecular complexity index is 436. The molecule has 1 aromatic rings. The molecule has 0 atom stereocenters. The van der Waals surface area contributed by atoms with Crippen molar-refractivity contribution in [2.75, 3.05) is 18.4 Å². The van der Waals surface area contributed by atoms with Crippen LogP contribution in [0.2, 0.25) is 5.02 Å². The summed E-state index contributed by atoms with van der Waals surface area (Å²) in [7, 11) is 0. The van der Waals surface area contributed by atoms with Crippen LogP contribution in [0.15, 0.2) is 18.2 Å². The van der Waals surface area contributed by atoms with Crippen LogP contribution in [-0.4, -0.2) is 25.2 Å². The summed E-state index contributed by atoms with van der Waals surface area (Å²) in [6, 6.07) is 3.70. The van der Waals surface area contributed by atoms with Gasteiger partial charge in [0.1, 0.15) is 12.4 Å². The number of carbonyl (C=O) groups is 1. The van der Waals surface area contributed by atoms with Crippen molar-refractivity contribution >= 4 is 23.2 Å². The standard InChI is InChI=1S/C10H9ClF4N2O/c11-6-1-2-8(7(12)3-6)16-4-9(18)17-5-10(13,14)15/h1-3,16H,4-5H2,(H,17,18). The fraction of sp³-hybridized carbons (Fsp3) is 0.300. The van der Waals surface area contributed by atoms with Crippen molar-refractivity contribution < 1.29 is 22.4 Å². The van der Waals surface area contributed by atoms with E-state index in [-0.39, 0.29) is 10.7 Å². The molecule has 0 aliphatic carbocycles. The predicted molar refractivity (Wildman–Crippen MR) is 59.0 cm³/mol. The third-order valence-corrected chi connectivity index (χ3v) is 2.09. The highest BCUT2D eigenvalue weighted by Gasteiger charge is 2.27. The van der Waals surface area contributed by atoms with Crippen molar-refractivity contribution in [2.24, 2.45) is 0 Å². The molecule has 0 aliphatic rings. The van der Waals surface area contributed by atoms with Gasteiger partial charge in [-0.15, -0.1) is 0 Å². The molecule has 0 radical (unpaired) electrons. The second kappa shape index (κ2) is 5.90. The first-order valence-corrected chi connectivity index (χ1v) is 5.18. The van der Waals surface area contributed by atoms with E-state index < -0.39 is 31.0 Å². The van der Waals surface area contributed by atoms with E-state index in [1.54, 1.807) is 5.32 Å². The molecular formula is C10H9ClF4N2O. The first-order valence-electron chi connectivity index (χ1n) is 4.80. The largest absolute Gasteiger partial charge is 0.405 e. The highest BCUT2D eigenvalue weighted by molar-refractivity contribution is 6.30. The summed E-state index contributed by atoms with van der Waals surface area (Å²) in [5.41, 5.74) is -0.0124. The van der Waals surface area contributed by atoms with E-state index in [1.165, 1.54) is 12.1 Å². The monoisotopic (exact) mass is 284 g/mol. The molecule has 0 fully saturated rings. The number of carbonyl (C=O) groups excluding carboxylic acids is 1. The number of anilines is 1. The molecule has 0 heterocycles. The number of hydrogen-bond acceptors (Lipinski definition) is 2. The molecule has 100 valence electrons. The zero-order valence-electron chi connectivity index (χ0n) is 8.94. The van der Waals surface area contributed by atoms with E-state index in [4.69, 9.17) is 11.6 Å². The molecule has 3 nitrogen and oxygen atoms in total. The number of alkyl halides is 3. The summed E-state index contributed by atoms with van der Waals surface area (Å²) < 4.78 is 48.6. The van der Waals surface area contributed by atoms with Crippen LogP contribution in [0.4, 0.5) is 23.2 Å². The summed E-state index contributed by atoms with van der Waals surface area (Å²) in [4.78, 5) is 11.0. The van der Waals surface area contributed by atoms with E-state index in [9.17, 15) is 22.4 Å². The summed E-state index contributed by atoms with van der Waals surface area (Å²) >= 11 is 5.51. The van der Waals surface area contributed by atoms with Crippen LogP contribution >= 0.6 is 11.6 Å². The molecule has 8 heteroatoms. The van der Waals surface area contributed by atoms with Gasteiger partial charge >= 0.3 is 6.18 Å². The minimum atomic E-state index is -4.47.